The van der Waals surface area contributed by atoms with Crippen molar-refractivity contribution in [3.8, 4) is 0 Å². The standard InChI is InChI=1S/C16H28N6O2/c1-2-24-14-3-7-21(8-4-14)16(23)15-13-22(19-18-15)12-11-20-9-5-17-6-10-20/h13-14,17H,2-12H2,1H3. The van der Waals surface area contributed by atoms with Crippen molar-refractivity contribution in [2.45, 2.75) is 32.4 Å². The molecule has 1 amide bonds. The highest BCUT2D eigenvalue weighted by Gasteiger charge is 2.25. The molecule has 0 bridgehead atoms. The predicted octanol–water partition coefficient (Wildman–Crippen LogP) is -0.176. The van der Waals surface area contributed by atoms with Crippen LogP contribution in [0.1, 0.15) is 30.3 Å². The molecule has 0 spiro atoms. The number of carbonyl (C=O) groups excluding carboxylic acids is 1. The molecule has 1 aromatic heterocycles. The topological polar surface area (TPSA) is 75.5 Å². The van der Waals surface area contributed by atoms with Gasteiger partial charge in [0.1, 0.15) is 0 Å². The van der Waals surface area contributed by atoms with Crippen LogP contribution in [0.2, 0.25) is 0 Å². The minimum absolute atomic E-state index is 0.0154. The van der Waals surface area contributed by atoms with Crippen molar-refractivity contribution < 1.29 is 9.53 Å². The fraction of sp³-hybridized carbons (Fsp3) is 0.812. The molecule has 2 aliphatic rings. The van der Waals surface area contributed by atoms with Crippen LogP contribution in [-0.2, 0) is 11.3 Å². The number of aromatic nitrogens is 3. The van der Waals surface area contributed by atoms with Gasteiger partial charge in [0.15, 0.2) is 5.69 Å². The van der Waals surface area contributed by atoms with E-state index in [-0.39, 0.29) is 12.0 Å². The predicted molar refractivity (Wildman–Crippen MR) is 89.9 cm³/mol. The number of piperazine rings is 1. The van der Waals surface area contributed by atoms with Gasteiger partial charge in [-0.05, 0) is 19.8 Å². The first-order valence-electron chi connectivity index (χ1n) is 9.00. The Morgan fingerprint density at radius 3 is 2.71 bits per heavy atom. The van der Waals surface area contributed by atoms with Gasteiger partial charge < -0.3 is 15.0 Å². The Kier molecular flexibility index (Phi) is 6.17. The normalized spacial score (nSPS) is 20.5. The van der Waals surface area contributed by atoms with E-state index < -0.39 is 0 Å². The van der Waals surface area contributed by atoms with Gasteiger partial charge >= 0.3 is 0 Å². The Hall–Kier alpha value is -1.51. The molecule has 2 saturated heterocycles. The van der Waals surface area contributed by atoms with Crippen molar-refractivity contribution in [2.24, 2.45) is 0 Å². The number of carbonyl (C=O) groups is 1. The van der Waals surface area contributed by atoms with E-state index in [1.54, 1.807) is 10.9 Å². The molecular formula is C16H28N6O2. The van der Waals surface area contributed by atoms with Crippen LogP contribution < -0.4 is 5.32 Å². The minimum Gasteiger partial charge on any atom is -0.378 e. The summed E-state index contributed by atoms with van der Waals surface area (Å²) in [4.78, 5) is 16.8. The number of amides is 1. The van der Waals surface area contributed by atoms with Crippen LogP contribution in [0.4, 0.5) is 0 Å². The second kappa shape index (κ2) is 8.55. The molecule has 1 N–H and O–H groups in total. The van der Waals surface area contributed by atoms with Crippen molar-refractivity contribution in [1.29, 1.82) is 0 Å². The third-order valence-corrected chi connectivity index (χ3v) is 4.74. The van der Waals surface area contributed by atoms with E-state index in [1.165, 1.54) is 0 Å². The van der Waals surface area contributed by atoms with Crippen LogP contribution in [0.25, 0.3) is 0 Å². The molecule has 0 aromatic carbocycles. The fourth-order valence-corrected chi connectivity index (χ4v) is 3.31. The summed E-state index contributed by atoms with van der Waals surface area (Å²) in [7, 11) is 0. The number of rotatable bonds is 6. The first-order chi connectivity index (χ1) is 11.8. The van der Waals surface area contributed by atoms with Crippen LogP contribution in [-0.4, -0.2) is 89.2 Å². The molecular weight excluding hydrogens is 308 g/mol. The van der Waals surface area contributed by atoms with Gasteiger partial charge in [0, 0.05) is 52.4 Å². The van der Waals surface area contributed by atoms with E-state index in [1.807, 2.05) is 11.8 Å². The SMILES string of the molecule is CCOC1CCN(C(=O)c2cn(CCN3CCNCC3)nn2)CC1. The second-order valence-electron chi connectivity index (χ2n) is 6.41. The van der Waals surface area contributed by atoms with Gasteiger partial charge in [-0.1, -0.05) is 5.21 Å². The molecule has 8 heteroatoms. The van der Waals surface area contributed by atoms with Gasteiger partial charge in [-0.3, -0.25) is 14.4 Å². The minimum atomic E-state index is -0.0154. The molecule has 3 rings (SSSR count). The van der Waals surface area contributed by atoms with Crippen LogP contribution in [0.15, 0.2) is 6.20 Å². The van der Waals surface area contributed by atoms with Crippen LogP contribution >= 0.6 is 0 Å². The lowest BCUT2D eigenvalue weighted by Gasteiger charge is -2.31. The number of hydrogen-bond acceptors (Lipinski definition) is 6. The Morgan fingerprint density at radius 2 is 2.00 bits per heavy atom. The molecule has 2 fully saturated rings. The molecule has 0 radical (unpaired) electrons. The fourth-order valence-electron chi connectivity index (χ4n) is 3.31. The van der Waals surface area contributed by atoms with Gasteiger partial charge in [-0.2, -0.15) is 0 Å². The highest BCUT2D eigenvalue weighted by atomic mass is 16.5. The van der Waals surface area contributed by atoms with E-state index in [2.05, 4.69) is 20.5 Å². The molecule has 2 aliphatic heterocycles. The molecule has 0 saturated carbocycles. The first-order valence-corrected chi connectivity index (χ1v) is 9.00. The number of piperidine rings is 1. The van der Waals surface area contributed by atoms with Crippen molar-refractivity contribution in [1.82, 2.24) is 30.1 Å². The summed E-state index contributed by atoms with van der Waals surface area (Å²) in [5, 5.41) is 11.5. The Morgan fingerprint density at radius 1 is 1.25 bits per heavy atom. The monoisotopic (exact) mass is 336 g/mol. The Bertz CT molecular complexity index is 520. The molecule has 0 unspecified atom stereocenters. The van der Waals surface area contributed by atoms with Crippen molar-refractivity contribution in [3.63, 3.8) is 0 Å². The lowest BCUT2D eigenvalue weighted by Crippen LogP contribution is -2.44. The lowest BCUT2D eigenvalue weighted by atomic mass is 10.1. The molecule has 1 aromatic rings. The Labute approximate surface area is 143 Å². The number of nitrogens with one attached hydrogen (secondary N) is 1. The average molecular weight is 336 g/mol. The highest BCUT2D eigenvalue weighted by molar-refractivity contribution is 5.91. The second-order valence-corrected chi connectivity index (χ2v) is 6.41. The van der Waals surface area contributed by atoms with Crippen molar-refractivity contribution in [3.05, 3.63) is 11.9 Å². The van der Waals surface area contributed by atoms with Crippen molar-refractivity contribution in [2.75, 3.05) is 52.4 Å². The summed E-state index contributed by atoms with van der Waals surface area (Å²) in [6, 6.07) is 0. The van der Waals surface area contributed by atoms with Crippen LogP contribution in [0.5, 0.6) is 0 Å². The van der Waals surface area contributed by atoms with Crippen LogP contribution in [0, 0.1) is 0 Å². The van der Waals surface area contributed by atoms with Gasteiger partial charge in [0.2, 0.25) is 0 Å². The molecule has 134 valence electrons. The quantitative estimate of drug-likeness (QED) is 0.777. The number of nitrogens with zero attached hydrogens (tertiary/aromatic N) is 5. The van der Waals surface area contributed by atoms with Gasteiger partial charge in [-0.25, -0.2) is 0 Å². The van der Waals surface area contributed by atoms with E-state index in [0.29, 0.717) is 5.69 Å². The molecule has 0 aliphatic carbocycles. The van der Waals surface area contributed by atoms with Gasteiger partial charge in [0.05, 0.1) is 18.8 Å². The van der Waals surface area contributed by atoms with Crippen LogP contribution in [0.3, 0.4) is 0 Å². The molecule has 0 atom stereocenters. The van der Waals surface area contributed by atoms with Gasteiger partial charge in [0.25, 0.3) is 5.91 Å². The zero-order valence-corrected chi connectivity index (χ0v) is 14.5. The summed E-state index contributed by atoms with van der Waals surface area (Å²) in [6.07, 6.45) is 3.86. The number of likely N-dealkylation sites (tertiary alicyclic amines) is 1. The largest absolute Gasteiger partial charge is 0.378 e. The van der Waals surface area contributed by atoms with Gasteiger partial charge in [-0.15, -0.1) is 5.10 Å². The third kappa shape index (κ3) is 4.52. The van der Waals surface area contributed by atoms with E-state index in [0.717, 1.165) is 71.8 Å². The molecule has 3 heterocycles. The summed E-state index contributed by atoms with van der Waals surface area (Å²) in [6.45, 7) is 10.1. The van der Waals surface area contributed by atoms with Crippen molar-refractivity contribution >= 4 is 5.91 Å². The summed E-state index contributed by atoms with van der Waals surface area (Å²) in [5.41, 5.74) is 0.449. The third-order valence-electron chi connectivity index (χ3n) is 4.74. The zero-order chi connectivity index (χ0) is 16.8. The lowest BCUT2D eigenvalue weighted by molar-refractivity contribution is 0.0144. The zero-order valence-electron chi connectivity index (χ0n) is 14.5. The van der Waals surface area contributed by atoms with E-state index >= 15 is 0 Å². The maximum atomic E-state index is 12.5. The average Bonchev–Trinajstić information content (AvgIpc) is 3.10. The molecule has 8 nitrogen and oxygen atoms in total. The highest BCUT2D eigenvalue weighted by Crippen LogP contribution is 2.15. The number of hydrogen-bond donors (Lipinski definition) is 1. The summed E-state index contributed by atoms with van der Waals surface area (Å²) in [5.74, 6) is -0.0154. The summed E-state index contributed by atoms with van der Waals surface area (Å²) >= 11 is 0. The maximum Gasteiger partial charge on any atom is 0.276 e. The van der Waals surface area contributed by atoms with E-state index in [9.17, 15) is 4.79 Å². The molecule has 24 heavy (non-hydrogen) atoms. The number of ether oxygens (including phenoxy) is 1. The summed E-state index contributed by atoms with van der Waals surface area (Å²) < 4.78 is 7.41. The van der Waals surface area contributed by atoms with E-state index in [4.69, 9.17) is 4.74 Å². The Balaban J connectivity index is 1.47. The smallest absolute Gasteiger partial charge is 0.276 e. The first kappa shape index (κ1) is 17.3. The maximum absolute atomic E-state index is 12.5.